The molecule has 1 saturated heterocycles. The average Bonchev–Trinajstić information content (AvgIpc) is 3.42. The molecule has 0 aromatic heterocycles. The van der Waals surface area contributed by atoms with Gasteiger partial charge < -0.3 is 63.8 Å². The molecule has 10 atom stereocenters. The normalized spacial score (nSPS) is 30.5. The van der Waals surface area contributed by atoms with E-state index in [2.05, 4.69) is 0 Å². The van der Waals surface area contributed by atoms with Gasteiger partial charge in [-0.1, -0.05) is 13.0 Å². The number of fused-ring (bicyclic) bond motifs is 1. The molecule has 5 rings (SSSR count). The number of esters is 2. The number of carboxylic acid groups (broad SMARTS) is 1. The minimum Gasteiger partial charge on any atom is -0.508 e. The van der Waals surface area contributed by atoms with Crippen LogP contribution in [-0.4, -0.2) is 112 Å². The van der Waals surface area contributed by atoms with Crippen LogP contribution in [0.3, 0.4) is 0 Å². The van der Waals surface area contributed by atoms with Gasteiger partial charge in [0.25, 0.3) is 0 Å². The molecule has 2 heterocycles. The van der Waals surface area contributed by atoms with Crippen LogP contribution in [0.15, 0.2) is 54.3 Å². The van der Waals surface area contributed by atoms with Crippen molar-refractivity contribution in [1.29, 1.82) is 0 Å². The third-order valence-electron chi connectivity index (χ3n) is 9.03. The highest BCUT2D eigenvalue weighted by molar-refractivity contribution is 5.90. The standard InChI is InChI=1S/C34H38O16/c1-15-21(47-32(43)17-5-4-6-18(36)11-17)12-19-20(31(41)42)14-46-33(26(15)19)50-34-30(29(40)28(39)24(13-35)48-34)49-25(37)8-7-16-9-22(44-2)27(38)23(10-16)45-3/h4-11,14-15,19,21,24,26,28-30,33-36,38-40H,12-13H2,1-3H3,(H,41,42). The van der Waals surface area contributed by atoms with Crippen LogP contribution in [0.1, 0.15) is 29.3 Å². The molecule has 6 N–H and O–H groups in total. The minimum atomic E-state index is -1.81. The first-order valence-electron chi connectivity index (χ1n) is 15.6. The Labute approximate surface area is 285 Å². The number of aliphatic hydroxyl groups excluding tert-OH is 3. The fourth-order valence-electron chi connectivity index (χ4n) is 6.42. The van der Waals surface area contributed by atoms with Crippen LogP contribution in [0, 0.1) is 17.8 Å². The van der Waals surface area contributed by atoms with Crippen LogP contribution in [0.2, 0.25) is 0 Å². The van der Waals surface area contributed by atoms with E-state index in [0.717, 1.165) is 12.3 Å². The summed E-state index contributed by atoms with van der Waals surface area (Å²) in [5.41, 5.74) is 0.367. The molecule has 1 saturated carbocycles. The number of ether oxygens (including phenoxy) is 7. The summed E-state index contributed by atoms with van der Waals surface area (Å²) >= 11 is 0. The highest BCUT2D eigenvalue weighted by Gasteiger charge is 2.55. The molecule has 2 aromatic rings. The number of phenolic OH excluding ortho intramolecular Hbond substituents is 2. The monoisotopic (exact) mass is 702 g/mol. The molecule has 2 aliphatic heterocycles. The summed E-state index contributed by atoms with van der Waals surface area (Å²) in [6, 6.07) is 8.41. The van der Waals surface area contributed by atoms with Crippen LogP contribution >= 0.6 is 0 Å². The summed E-state index contributed by atoms with van der Waals surface area (Å²) in [6.07, 6.45) is -6.87. The second kappa shape index (κ2) is 15.3. The van der Waals surface area contributed by atoms with E-state index in [1.807, 2.05) is 0 Å². The van der Waals surface area contributed by atoms with E-state index in [1.165, 1.54) is 56.7 Å². The van der Waals surface area contributed by atoms with Gasteiger partial charge in [0.2, 0.25) is 18.3 Å². The maximum Gasteiger partial charge on any atom is 0.338 e. The van der Waals surface area contributed by atoms with E-state index in [-0.39, 0.29) is 40.6 Å². The zero-order valence-electron chi connectivity index (χ0n) is 27.1. The summed E-state index contributed by atoms with van der Waals surface area (Å²) in [4.78, 5) is 38.1. The highest BCUT2D eigenvalue weighted by atomic mass is 16.8. The minimum absolute atomic E-state index is 0.0727. The van der Waals surface area contributed by atoms with Crippen LogP contribution in [0.5, 0.6) is 23.0 Å². The van der Waals surface area contributed by atoms with Gasteiger partial charge in [-0.3, -0.25) is 0 Å². The molecule has 270 valence electrons. The Hall–Kier alpha value is -4.87. The van der Waals surface area contributed by atoms with E-state index in [9.17, 15) is 45.0 Å². The van der Waals surface area contributed by atoms with Crippen molar-refractivity contribution in [2.75, 3.05) is 20.8 Å². The molecule has 0 bridgehead atoms. The lowest BCUT2D eigenvalue weighted by Gasteiger charge is -2.44. The van der Waals surface area contributed by atoms with E-state index >= 15 is 0 Å². The number of methoxy groups -OCH3 is 2. The Morgan fingerprint density at radius 2 is 1.68 bits per heavy atom. The van der Waals surface area contributed by atoms with E-state index < -0.39 is 85.4 Å². The molecule has 2 aromatic carbocycles. The van der Waals surface area contributed by atoms with Gasteiger partial charge in [0, 0.05) is 23.8 Å². The number of carbonyl (C=O) groups excluding carboxylic acids is 2. The van der Waals surface area contributed by atoms with Crippen molar-refractivity contribution >= 4 is 24.0 Å². The lowest BCUT2D eigenvalue weighted by Crippen LogP contribution is -2.61. The van der Waals surface area contributed by atoms with Crippen LogP contribution in [-0.2, 0) is 33.3 Å². The lowest BCUT2D eigenvalue weighted by molar-refractivity contribution is -0.343. The van der Waals surface area contributed by atoms with Crippen LogP contribution in [0.25, 0.3) is 6.08 Å². The summed E-state index contributed by atoms with van der Waals surface area (Å²) < 4.78 is 39.0. The van der Waals surface area contributed by atoms with Crippen molar-refractivity contribution in [2.45, 2.75) is 56.4 Å². The largest absolute Gasteiger partial charge is 0.508 e. The number of aromatic hydroxyl groups is 2. The molecule has 0 radical (unpaired) electrons. The van der Waals surface area contributed by atoms with E-state index in [1.54, 1.807) is 6.92 Å². The number of aliphatic hydroxyl groups is 3. The Morgan fingerprint density at radius 3 is 2.30 bits per heavy atom. The van der Waals surface area contributed by atoms with Gasteiger partial charge in [0.1, 0.15) is 30.2 Å². The number of hydrogen-bond acceptors (Lipinski definition) is 15. The molecule has 0 spiro atoms. The molecule has 16 heteroatoms. The van der Waals surface area contributed by atoms with Crippen molar-refractivity contribution in [2.24, 2.45) is 17.8 Å². The quantitative estimate of drug-likeness (QED) is 0.143. The molecule has 16 nitrogen and oxygen atoms in total. The third-order valence-corrected chi connectivity index (χ3v) is 9.03. The van der Waals surface area contributed by atoms with Gasteiger partial charge in [-0.05, 0) is 48.4 Å². The predicted octanol–water partition coefficient (Wildman–Crippen LogP) is 1.32. The second-order valence-electron chi connectivity index (χ2n) is 12.0. The predicted molar refractivity (Wildman–Crippen MR) is 168 cm³/mol. The molecular formula is C34H38O16. The summed E-state index contributed by atoms with van der Waals surface area (Å²) in [5, 5.41) is 61.2. The van der Waals surface area contributed by atoms with Gasteiger partial charge in [-0.2, -0.15) is 0 Å². The Morgan fingerprint density at radius 1 is 0.980 bits per heavy atom. The van der Waals surface area contributed by atoms with Gasteiger partial charge in [0.05, 0.1) is 38.2 Å². The van der Waals surface area contributed by atoms with Gasteiger partial charge in [-0.25, -0.2) is 14.4 Å². The zero-order chi connectivity index (χ0) is 36.3. The van der Waals surface area contributed by atoms with Gasteiger partial charge in [0.15, 0.2) is 17.6 Å². The first kappa shape index (κ1) is 36.4. The maximum atomic E-state index is 13.0. The molecule has 3 aliphatic rings. The number of hydrogen-bond donors (Lipinski definition) is 6. The van der Waals surface area contributed by atoms with Crippen molar-refractivity contribution < 1.29 is 78.2 Å². The smallest absolute Gasteiger partial charge is 0.338 e. The molecule has 50 heavy (non-hydrogen) atoms. The summed E-state index contributed by atoms with van der Waals surface area (Å²) in [6.45, 7) is 0.968. The van der Waals surface area contributed by atoms with Crippen LogP contribution < -0.4 is 9.47 Å². The average molecular weight is 703 g/mol. The van der Waals surface area contributed by atoms with Crippen LogP contribution in [0.4, 0.5) is 0 Å². The second-order valence-corrected chi connectivity index (χ2v) is 12.0. The van der Waals surface area contributed by atoms with Gasteiger partial charge in [-0.15, -0.1) is 0 Å². The first-order chi connectivity index (χ1) is 23.9. The summed E-state index contributed by atoms with van der Waals surface area (Å²) in [7, 11) is 2.66. The molecule has 2 fully saturated rings. The number of phenols is 2. The Balaban J connectivity index is 1.36. The molecule has 1 aliphatic carbocycles. The lowest BCUT2D eigenvalue weighted by atomic mass is 9.83. The Kier molecular flexibility index (Phi) is 11.2. The van der Waals surface area contributed by atoms with Crippen molar-refractivity contribution in [3.8, 4) is 23.0 Å². The number of carboxylic acids is 1. The molecular weight excluding hydrogens is 664 g/mol. The first-order valence-corrected chi connectivity index (χ1v) is 15.6. The number of aliphatic carboxylic acids is 1. The number of carbonyl (C=O) groups is 3. The SMILES string of the molecule is COc1cc(C=CC(=O)OC2C(OC3OC=C(C(=O)O)C4CC(OC(=O)c5cccc(O)c5)C(C)C34)OC(CO)C(O)C2O)cc(OC)c1O. The highest BCUT2D eigenvalue weighted by Crippen LogP contribution is 2.49. The number of benzene rings is 2. The van der Waals surface area contributed by atoms with Crippen molar-refractivity contribution in [1.82, 2.24) is 0 Å². The number of rotatable bonds is 11. The molecule has 10 unspecified atom stereocenters. The fraction of sp³-hybridized carbons (Fsp3) is 0.441. The molecule has 0 amide bonds. The van der Waals surface area contributed by atoms with Gasteiger partial charge >= 0.3 is 17.9 Å². The van der Waals surface area contributed by atoms with Crippen molar-refractivity contribution in [3.63, 3.8) is 0 Å². The fourth-order valence-corrected chi connectivity index (χ4v) is 6.42. The zero-order valence-corrected chi connectivity index (χ0v) is 27.1. The Bertz CT molecular complexity index is 1610. The van der Waals surface area contributed by atoms with Crippen molar-refractivity contribution in [3.05, 3.63) is 65.4 Å². The summed E-state index contributed by atoms with van der Waals surface area (Å²) in [5.74, 6) is -5.31. The third kappa shape index (κ3) is 7.49. The topological polar surface area (TPSA) is 237 Å². The van der Waals surface area contributed by atoms with E-state index in [0.29, 0.717) is 5.56 Å². The maximum absolute atomic E-state index is 13.0. The van der Waals surface area contributed by atoms with E-state index in [4.69, 9.17) is 33.2 Å².